The van der Waals surface area contributed by atoms with Crippen LogP contribution in [-0.4, -0.2) is 11.1 Å². The molecule has 2 aromatic carbocycles. The van der Waals surface area contributed by atoms with Crippen LogP contribution in [0, 0.1) is 0 Å². The van der Waals surface area contributed by atoms with E-state index in [-0.39, 0.29) is 11.1 Å². The molecule has 1 fully saturated rings. The highest BCUT2D eigenvalue weighted by atomic mass is 32.2. The smallest absolute Gasteiger partial charge is 0.268 e. The highest BCUT2D eigenvalue weighted by Gasteiger charge is 2.37. The molecule has 2 aromatic rings. The van der Waals surface area contributed by atoms with Gasteiger partial charge in [0.25, 0.3) is 11.1 Å². The Hall–Kier alpha value is -2.59. The van der Waals surface area contributed by atoms with Crippen molar-refractivity contribution in [3.63, 3.8) is 0 Å². The van der Waals surface area contributed by atoms with Gasteiger partial charge < -0.3 is 0 Å². The van der Waals surface area contributed by atoms with E-state index in [2.05, 4.69) is 0 Å². The maximum absolute atomic E-state index is 12.8. The number of nitrogens with zero attached hydrogens (tertiary/aromatic N) is 1. The van der Waals surface area contributed by atoms with Gasteiger partial charge in [0, 0.05) is 0 Å². The van der Waals surface area contributed by atoms with Crippen molar-refractivity contribution < 1.29 is 9.59 Å². The number of anilines is 1. The summed E-state index contributed by atoms with van der Waals surface area (Å²) in [6.07, 6.45) is 4.55. The number of carbonyl (C=O) groups excluding carboxylic acids is 2. The molecule has 0 radical (unpaired) electrons. The molecule has 2 amide bonds. The van der Waals surface area contributed by atoms with Crippen LogP contribution >= 0.6 is 11.8 Å². The van der Waals surface area contributed by atoms with Crippen LogP contribution in [0.2, 0.25) is 0 Å². The second-order valence-corrected chi connectivity index (χ2v) is 6.79. The lowest BCUT2D eigenvalue weighted by atomic mass is 10.1. The number of imide groups is 1. The fourth-order valence-electron chi connectivity index (χ4n) is 2.76. The summed E-state index contributed by atoms with van der Waals surface area (Å²) in [7, 11) is 0. The maximum atomic E-state index is 12.8. The minimum absolute atomic E-state index is 0.246. The number of hydrogen-bond acceptors (Lipinski definition) is 3. The summed E-state index contributed by atoms with van der Waals surface area (Å²) in [4.78, 5) is 26.9. The summed E-state index contributed by atoms with van der Waals surface area (Å²) in [5, 5.41) is -0.246. The molecule has 0 bridgehead atoms. The first-order valence-electron chi connectivity index (χ1n) is 8.19. The first-order valence-corrected chi connectivity index (χ1v) is 9.01. The van der Waals surface area contributed by atoms with Gasteiger partial charge in [-0.25, -0.2) is 4.90 Å². The molecule has 3 rings (SSSR count). The zero-order chi connectivity index (χ0) is 17.8. The third-order valence-corrected chi connectivity index (χ3v) is 4.83. The Morgan fingerprint density at radius 3 is 2.44 bits per heavy atom. The standard InChI is InChI=1S/C21H19NO2S/c1-3-17-11-7-8-12-18(17)22-20(23)19(25-21(22)24)14-15(2)13-16-9-5-4-6-10-16/h4-14H,3H2,1-2H3/b15-13+,19-14-. The molecule has 0 aromatic heterocycles. The van der Waals surface area contributed by atoms with Crippen molar-refractivity contribution in [2.75, 3.05) is 4.90 Å². The van der Waals surface area contributed by atoms with E-state index in [0.29, 0.717) is 10.6 Å². The fourth-order valence-corrected chi connectivity index (χ4v) is 3.65. The zero-order valence-corrected chi connectivity index (χ0v) is 15.0. The van der Waals surface area contributed by atoms with Gasteiger partial charge in [-0.15, -0.1) is 0 Å². The summed E-state index contributed by atoms with van der Waals surface area (Å²) in [5.41, 5.74) is 3.66. The number of hydrogen-bond donors (Lipinski definition) is 0. The number of aryl methyl sites for hydroxylation is 1. The Morgan fingerprint density at radius 2 is 1.72 bits per heavy atom. The van der Waals surface area contributed by atoms with Crippen LogP contribution in [-0.2, 0) is 11.2 Å². The Labute approximate surface area is 152 Å². The van der Waals surface area contributed by atoms with Crippen LogP contribution < -0.4 is 4.90 Å². The highest BCUT2D eigenvalue weighted by Crippen LogP contribution is 2.36. The number of para-hydroxylation sites is 1. The van der Waals surface area contributed by atoms with Crippen molar-refractivity contribution in [1.29, 1.82) is 0 Å². The first-order chi connectivity index (χ1) is 12.1. The van der Waals surface area contributed by atoms with E-state index < -0.39 is 0 Å². The first kappa shape index (κ1) is 17.2. The Bertz CT molecular complexity index is 868. The fraction of sp³-hybridized carbons (Fsp3) is 0.143. The number of carbonyl (C=O) groups is 2. The molecule has 4 heteroatoms. The largest absolute Gasteiger partial charge is 0.298 e. The lowest BCUT2D eigenvalue weighted by Gasteiger charge is -2.16. The lowest BCUT2D eigenvalue weighted by molar-refractivity contribution is -0.113. The molecule has 126 valence electrons. The second-order valence-electron chi connectivity index (χ2n) is 5.80. The van der Waals surface area contributed by atoms with Crippen molar-refractivity contribution in [2.45, 2.75) is 20.3 Å². The summed E-state index contributed by atoms with van der Waals surface area (Å²) in [6, 6.07) is 17.4. The second kappa shape index (κ2) is 7.53. The molecule has 0 N–H and O–H groups in total. The predicted octanol–water partition coefficient (Wildman–Crippen LogP) is 5.44. The van der Waals surface area contributed by atoms with Gasteiger partial charge in [-0.05, 0) is 53.9 Å². The van der Waals surface area contributed by atoms with Gasteiger partial charge in [-0.2, -0.15) is 0 Å². The number of thioether (sulfide) groups is 1. The van der Waals surface area contributed by atoms with Gasteiger partial charge in [-0.1, -0.05) is 61.5 Å². The molecular weight excluding hydrogens is 330 g/mol. The van der Waals surface area contributed by atoms with Crippen LogP contribution in [0.15, 0.2) is 71.2 Å². The van der Waals surface area contributed by atoms with Gasteiger partial charge >= 0.3 is 0 Å². The topological polar surface area (TPSA) is 37.4 Å². The number of amides is 2. The van der Waals surface area contributed by atoms with Gasteiger partial charge in [0.15, 0.2) is 0 Å². The SMILES string of the molecule is CCc1ccccc1N1C(=O)S/C(=C\C(C)=C\c2ccccc2)C1=O. The van der Waals surface area contributed by atoms with Crippen molar-refractivity contribution in [2.24, 2.45) is 0 Å². The maximum Gasteiger partial charge on any atom is 0.298 e. The van der Waals surface area contributed by atoms with Crippen LogP contribution in [0.3, 0.4) is 0 Å². The van der Waals surface area contributed by atoms with Crippen molar-refractivity contribution >= 4 is 34.7 Å². The number of benzene rings is 2. The summed E-state index contributed by atoms with van der Waals surface area (Å²) in [6.45, 7) is 3.95. The number of allylic oxidation sites excluding steroid dienone is 2. The summed E-state index contributed by atoms with van der Waals surface area (Å²) < 4.78 is 0. The predicted molar refractivity (Wildman–Crippen MR) is 104 cm³/mol. The molecule has 0 unspecified atom stereocenters. The van der Waals surface area contributed by atoms with Gasteiger partial charge in [0.05, 0.1) is 10.6 Å². The van der Waals surface area contributed by atoms with Crippen molar-refractivity contribution in [1.82, 2.24) is 0 Å². The molecular formula is C21H19NO2S. The average molecular weight is 349 g/mol. The van der Waals surface area contributed by atoms with Crippen LogP contribution in [0.4, 0.5) is 10.5 Å². The van der Waals surface area contributed by atoms with Gasteiger partial charge in [0.2, 0.25) is 0 Å². The normalized spacial score (nSPS) is 16.8. The Kier molecular flexibility index (Phi) is 5.19. The average Bonchev–Trinajstić information content (AvgIpc) is 2.89. The van der Waals surface area contributed by atoms with Crippen molar-refractivity contribution in [3.05, 3.63) is 82.3 Å². The molecule has 1 aliphatic heterocycles. The van der Waals surface area contributed by atoms with Crippen LogP contribution in [0.5, 0.6) is 0 Å². The van der Waals surface area contributed by atoms with Gasteiger partial charge in [-0.3, -0.25) is 9.59 Å². The minimum atomic E-state index is -0.253. The van der Waals surface area contributed by atoms with E-state index in [1.807, 2.05) is 74.5 Å². The lowest BCUT2D eigenvalue weighted by Crippen LogP contribution is -2.28. The van der Waals surface area contributed by atoms with Crippen LogP contribution in [0.1, 0.15) is 25.0 Å². The third kappa shape index (κ3) is 3.74. The molecule has 1 aliphatic rings. The third-order valence-electron chi connectivity index (χ3n) is 3.96. The van der Waals surface area contributed by atoms with Crippen LogP contribution in [0.25, 0.3) is 6.08 Å². The Morgan fingerprint density at radius 1 is 1.04 bits per heavy atom. The monoisotopic (exact) mass is 349 g/mol. The summed E-state index contributed by atoms with van der Waals surface area (Å²) >= 11 is 0.992. The zero-order valence-electron chi connectivity index (χ0n) is 14.2. The summed E-state index contributed by atoms with van der Waals surface area (Å²) in [5.74, 6) is -0.253. The van der Waals surface area contributed by atoms with Gasteiger partial charge in [0.1, 0.15) is 0 Å². The minimum Gasteiger partial charge on any atom is -0.268 e. The van der Waals surface area contributed by atoms with Crippen molar-refractivity contribution in [3.8, 4) is 0 Å². The van der Waals surface area contributed by atoms with E-state index >= 15 is 0 Å². The Balaban J connectivity index is 1.90. The quantitative estimate of drug-likeness (QED) is 0.690. The molecule has 0 aliphatic carbocycles. The number of rotatable bonds is 4. The highest BCUT2D eigenvalue weighted by molar-refractivity contribution is 8.18. The van der Waals surface area contributed by atoms with E-state index in [9.17, 15) is 9.59 Å². The molecule has 3 nitrogen and oxygen atoms in total. The molecule has 0 atom stereocenters. The molecule has 1 heterocycles. The van der Waals surface area contributed by atoms with E-state index in [4.69, 9.17) is 0 Å². The van der Waals surface area contributed by atoms with E-state index in [0.717, 1.165) is 34.9 Å². The van der Waals surface area contributed by atoms with E-state index in [1.165, 1.54) is 4.90 Å². The molecule has 25 heavy (non-hydrogen) atoms. The van der Waals surface area contributed by atoms with E-state index in [1.54, 1.807) is 6.08 Å². The molecule has 0 saturated carbocycles. The molecule has 0 spiro atoms. The molecule has 1 saturated heterocycles.